The number of ether oxygens (including phenoxy) is 1. The number of halogens is 2. The summed E-state index contributed by atoms with van der Waals surface area (Å²) in [4.78, 5) is 0.410. The fourth-order valence-corrected chi connectivity index (χ4v) is 3.02. The number of unbranched alkanes of at least 4 members (excludes halogenated alkanes) is 1. The van der Waals surface area contributed by atoms with Crippen LogP contribution < -0.4 is 9.46 Å². The first-order valence-corrected chi connectivity index (χ1v) is 8.66. The van der Waals surface area contributed by atoms with Crippen molar-refractivity contribution in [3.63, 3.8) is 0 Å². The molecule has 22 heavy (non-hydrogen) atoms. The van der Waals surface area contributed by atoms with Gasteiger partial charge in [0, 0.05) is 11.6 Å². The summed E-state index contributed by atoms with van der Waals surface area (Å²) in [6.07, 6.45) is 1.79. The molecule has 0 aliphatic carbocycles. The third-order valence-electron chi connectivity index (χ3n) is 3.11. The van der Waals surface area contributed by atoms with E-state index in [-0.39, 0.29) is 17.9 Å². The molecule has 6 heteroatoms. The Bertz CT molecular complexity index is 507. The molecule has 0 saturated heterocycles. The summed E-state index contributed by atoms with van der Waals surface area (Å²) in [5.41, 5.74) is -0.288. The highest BCUT2D eigenvalue weighted by molar-refractivity contribution is 7.83. The van der Waals surface area contributed by atoms with Crippen LogP contribution in [0.2, 0.25) is 0 Å². The van der Waals surface area contributed by atoms with Gasteiger partial charge in [-0.2, -0.15) is 0 Å². The fraction of sp³-hybridized carbons (Fsp3) is 0.625. The largest absolute Gasteiger partial charge is 0.487 e. The first-order chi connectivity index (χ1) is 10.2. The number of benzene rings is 1. The van der Waals surface area contributed by atoms with E-state index in [0.29, 0.717) is 4.90 Å². The maximum Gasteiger partial charge on any atom is 0.165 e. The normalized spacial score (nSPS) is 14.6. The quantitative estimate of drug-likeness (QED) is 0.737. The van der Waals surface area contributed by atoms with Gasteiger partial charge in [0.05, 0.1) is 4.90 Å². The molecule has 0 aliphatic rings. The van der Waals surface area contributed by atoms with Crippen molar-refractivity contribution in [3.05, 3.63) is 24.0 Å². The molecule has 0 amide bonds. The second-order valence-electron chi connectivity index (χ2n) is 6.04. The van der Waals surface area contributed by atoms with E-state index in [4.69, 9.17) is 4.74 Å². The van der Waals surface area contributed by atoms with E-state index in [1.54, 1.807) is 0 Å². The minimum absolute atomic E-state index is 0.0801. The lowest BCUT2D eigenvalue weighted by Gasteiger charge is -2.25. The van der Waals surface area contributed by atoms with Crippen LogP contribution in [-0.4, -0.2) is 22.5 Å². The predicted octanol–water partition coefficient (Wildman–Crippen LogP) is 4.14. The van der Waals surface area contributed by atoms with E-state index in [1.807, 2.05) is 13.8 Å². The number of alkyl halides is 1. The zero-order valence-electron chi connectivity index (χ0n) is 13.6. The maximum absolute atomic E-state index is 13.6. The lowest BCUT2D eigenvalue weighted by molar-refractivity contribution is 0.203. The van der Waals surface area contributed by atoms with Crippen LogP contribution in [0.25, 0.3) is 0 Å². The summed E-state index contributed by atoms with van der Waals surface area (Å²) >= 11 is 0. The van der Waals surface area contributed by atoms with Gasteiger partial charge < -0.3 is 4.74 Å². The maximum atomic E-state index is 13.6. The van der Waals surface area contributed by atoms with E-state index in [2.05, 4.69) is 11.6 Å². The molecule has 0 spiro atoms. The molecule has 0 heterocycles. The lowest BCUT2D eigenvalue weighted by Crippen LogP contribution is -2.40. The van der Waals surface area contributed by atoms with Crippen molar-refractivity contribution < 1.29 is 17.7 Å². The molecule has 1 aromatic carbocycles. The van der Waals surface area contributed by atoms with Crippen molar-refractivity contribution in [2.45, 2.75) is 63.6 Å². The second-order valence-corrected chi connectivity index (χ2v) is 7.26. The number of hydrogen-bond donors (Lipinski definition) is 1. The van der Waals surface area contributed by atoms with Gasteiger partial charge in [-0.25, -0.2) is 17.7 Å². The Morgan fingerprint density at radius 1 is 1.41 bits per heavy atom. The summed E-state index contributed by atoms with van der Waals surface area (Å²) in [6.45, 7) is 7.15. The van der Waals surface area contributed by atoms with Crippen molar-refractivity contribution >= 4 is 11.0 Å². The van der Waals surface area contributed by atoms with Crippen LogP contribution in [0.1, 0.15) is 47.0 Å². The standard InChI is InChI=1S/C16H25F2NO2S/c1-5-6-9-16(3,4)19-22(20)13-7-8-14(18)15(10-13)21-11-12(2)17/h7-8,10,12,19H,5-6,9,11H2,1-4H3. The molecule has 2 atom stereocenters. The molecule has 3 nitrogen and oxygen atoms in total. The predicted molar refractivity (Wildman–Crippen MR) is 85.6 cm³/mol. The molecule has 0 bridgehead atoms. The molecule has 1 N–H and O–H groups in total. The van der Waals surface area contributed by atoms with E-state index >= 15 is 0 Å². The fourth-order valence-electron chi connectivity index (χ4n) is 1.89. The van der Waals surface area contributed by atoms with Crippen molar-refractivity contribution in [3.8, 4) is 5.75 Å². The first-order valence-electron chi connectivity index (χ1n) is 7.51. The summed E-state index contributed by atoms with van der Waals surface area (Å²) in [6, 6.07) is 3.99. The average Bonchev–Trinajstić information content (AvgIpc) is 2.43. The van der Waals surface area contributed by atoms with E-state index in [1.165, 1.54) is 25.1 Å². The van der Waals surface area contributed by atoms with E-state index < -0.39 is 23.0 Å². The van der Waals surface area contributed by atoms with E-state index in [0.717, 1.165) is 19.3 Å². The number of nitrogens with one attached hydrogen (secondary N) is 1. The minimum Gasteiger partial charge on any atom is -0.487 e. The second kappa shape index (κ2) is 8.58. The number of hydrogen-bond acceptors (Lipinski definition) is 2. The molecule has 2 unspecified atom stereocenters. The van der Waals surface area contributed by atoms with Gasteiger partial charge in [0.15, 0.2) is 11.6 Å². The van der Waals surface area contributed by atoms with Gasteiger partial charge in [-0.1, -0.05) is 19.8 Å². The molecule has 0 aromatic heterocycles. The summed E-state index contributed by atoms with van der Waals surface area (Å²) < 4.78 is 46.9. The van der Waals surface area contributed by atoms with Gasteiger partial charge in [0.1, 0.15) is 23.8 Å². The van der Waals surface area contributed by atoms with Crippen LogP contribution in [0.15, 0.2) is 23.1 Å². The number of rotatable bonds is 9. The molecule has 0 fully saturated rings. The van der Waals surface area contributed by atoms with Gasteiger partial charge >= 0.3 is 0 Å². The Morgan fingerprint density at radius 2 is 2.09 bits per heavy atom. The minimum atomic E-state index is -1.48. The Labute approximate surface area is 134 Å². The van der Waals surface area contributed by atoms with Crippen molar-refractivity contribution in [1.82, 2.24) is 4.72 Å². The van der Waals surface area contributed by atoms with Crippen molar-refractivity contribution in [1.29, 1.82) is 0 Å². The van der Waals surface area contributed by atoms with Crippen LogP contribution in [0, 0.1) is 5.82 Å². The third-order valence-corrected chi connectivity index (χ3v) is 4.53. The van der Waals surface area contributed by atoms with Gasteiger partial charge in [-0.15, -0.1) is 0 Å². The molecule has 0 radical (unpaired) electrons. The summed E-state index contributed by atoms with van der Waals surface area (Å²) in [7, 11) is -1.48. The SMILES string of the molecule is CCCCC(C)(C)NS(=O)c1ccc(F)c(OCC(C)F)c1. The van der Waals surface area contributed by atoms with Gasteiger partial charge in [0.25, 0.3) is 0 Å². The topological polar surface area (TPSA) is 38.3 Å². The molecular weight excluding hydrogens is 308 g/mol. The van der Waals surface area contributed by atoms with Crippen LogP contribution >= 0.6 is 0 Å². The monoisotopic (exact) mass is 333 g/mol. The van der Waals surface area contributed by atoms with Gasteiger partial charge in [-0.3, -0.25) is 0 Å². The lowest BCUT2D eigenvalue weighted by atomic mass is 9.99. The highest BCUT2D eigenvalue weighted by Gasteiger charge is 2.21. The average molecular weight is 333 g/mol. The molecular formula is C16H25F2NO2S. The molecule has 0 aliphatic heterocycles. The molecule has 0 saturated carbocycles. The van der Waals surface area contributed by atoms with Crippen LogP contribution in [-0.2, 0) is 11.0 Å². The Balaban J connectivity index is 2.79. The molecule has 126 valence electrons. The Hall–Kier alpha value is -1.01. The van der Waals surface area contributed by atoms with Gasteiger partial charge in [0.2, 0.25) is 0 Å². The van der Waals surface area contributed by atoms with Crippen LogP contribution in [0.3, 0.4) is 0 Å². The van der Waals surface area contributed by atoms with Gasteiger partial charge in [-0.05, 0) is 39.3 Å². The smallest absolute Gasteiger partial charge is 0.165 e. The zero-order valence-corrected chi connectivity index (χ0v) is 14.4. The summed E-state index contributed by atoms with van der Waals surface area (Å²) in [5, 5.41) is 0. The van der Waals surface area contributed by atoms with E-state index in [9.17, 15) is 13.0 Å². The third kappa shape index (κ3) is 6.40. The van der Waals surface area contributed by atoms with Crippen molar-refractivity contribution in [2.24, 2.45) is 0 Å². The molecule has 1 rings (SSSR count). The van der Waals surface area contributed by atoms with Crippen LogP contribution in [0.4, 0.5) is 8.78 Å². The highest BCUT2D eigenvalue weighted by atomic mass is 32.2. The Kier molecular flexibility index (Phi) is 7.42. The summed E-state index contributed by atoms with van der Waals surface area (Å²) in [5.74, 6) is -0.671. The molecule has 1 aromatic rings. The zero-order chi connectivity index (χ0) is 16.8. The Morgan fingerprint density at radius 3 is 2.68 bits per heavy atom. The van der Waals surface area contributed by atoms with Crippen molar-refractivity contribution in [2.75, 3.05) is 6.61 Å². The van der Waals surface area contributed by atoms with Crippen LogP contribution in [0.5, 0.6) is 5.75 Å². The first kappa shape index (κ1) is 19.0. The highest BCUT2D eigenvalue weighted by Crippen LogP contribution is 2.22.